The van der Waals surface area contributed by atoms with Gasteiger partial charge in [-0.1, -0.05) is 5.16 Å². The predicted octanol–water partition coefficient (Wildman–Crippen LogP) is 1.42. The van der Waals surface area contributed by atoms with Crippen molar-refractivity contribution in [2.24, 2.45) is 0 Å². The Morgan fingerprint density at radius 2 is 2.16 bits per heavy atom. The topological polar surface area (TPSA) is 69.4 Å². The summed E-state index contributed by atoms with van der Waals surface area (Å²) >= 11 is 0. The molecule has 0 saturated carbocycles. The molecule has 1 heterocycles. The van der Waals surface area contributed by atoms with Crippen LogP contribution in [0.25, 0.3) is 0 Å². The first-order valence-corrected chi connectivity index (χ1v) is 6.00. The highest BCUT2D eigenvalue weighted by Crippen LogP contribution is 2.23. The third kappa shape index (κ3) is 3.69. The van der Waals surface area contributed by atoms with E-state index in [4.69, 9.17) is 9.47 Å². The molecule has 0 atom stereocenters. The molecule has 0 radical (unpaired) electrons. The zero-order valence-electron chi connectivity index (χ0n) is 11.0. The molecule has 0 fully saturated rings. The Labute approximate surface area is 111 Å². The van der Waals surface area contributed by atoms with Crippen molar-refractivity contribution in [1.82, 2.24) is 15.5 Å². The first-order valence-electron chi connectivity index (χ1n) is 6.00. The average molecular weight is 263 g/mol. The highest BCUT2D eigenvalue weighted by Gasteiger charge is 2.05. The number of hydrogen-bond donors (Lipinski definition) is 1. The molecule has 102 valence electrons. The van der Waals surface area contributed by atoms with Gasteiger partial charge in [0, 0.05) is 25.1 Å². The summed E-state index contributed by atoms with van der Waals surface area (Å²) in [5.74, 6) is 2.36. The summed E-state index contributed by atoms with van der Waals surface area (Å²) in [5, 5.41) is 7.06. The molecule has 1 aromatic heterocycles. The van der Waals surface area contributed by atoms with Crippen LogP contribution in [0.1, 0.15) is 11.4 Å². The van der Waals surface area contributed by atoms with Gasteiger partial charge in [0.05, 0.1) is 14.2 Å². The lowest BCUT2D eigenvalue weighted by Crippen LogP contribution is -2.17. The Balaban J connectivity index is 1.87. The first kappa shape index (κ1) is 13.4. The molecule has 2 rings (SSSR count). The van der Waals surface area contributed by atoms with Gasteiger partial charge in [-0.25, -0.2) is 0 Å². The molecular weight excluding hydrogens is 246 g/mol. The lowest BCUT2D eigenvalue weighted by atomic mass is 10.2. The van der Waals surface area contributed by atoms with Gasteiger partial charge in [-0.2, -0.15) is 4.98 Å². The number of methoxy groups -OCH3 is 2. The summed E-state index contributed by atoms with van der Waals surface area (Å²) in [6.07, 6.45) is 2.06. The van der Waals surface area contributed by atoms with Gasteiger partial charge in [0.1, 0.15) is 11.5 Å². The molecule has 0 aliphatic heterocycles. The van der Waals surface area contributed by atoms with E-state index < -0.39 is 0 Å². The first-order chi connectivity index (χ1) is 9.33. The number of nitrogens with one attached hydrogen (secondary N) is 1. The highest BCUT2D eigenvalue weighted by atomic mass is 16.5. The number of hydrogen-bond acceptors (Lipinski definition) is 6. The molecule has 0 unspecified atom stereocenters. The molecule has 0 bridgehead atoms. The van der Waals surface area contributed by atoms with Crippen LogP contribution in [0.4, 0.5) is 0 Å². The van der Waals surface area contributed by atoms with Crippen molar-refractivity contribution in [1.29, 1.82) is 0 Å². The standard InChI is InChI=1S/C13H17N3O3/c1-17-11-3-4-12(18-2)10(7-11)8-14-6-5-13-15-9-19-16-13/h3-4,7,9,14H,5-6,8H2,1-2H3. The van der Waals surface area contributed by atoms with E-state index in [0.717, 1.165) is 30.0 Å². The van der Waals surface area contributed by atoms with Gasteiger partial charge in [-0.05, 0) is 18.2 Å². The summed E-state index contributed by atoms with van der Waals surface area (Å²) < 4.78 is 15.2. The van der Waals surface area contributed by atoms with Gasteiger partial charge in [0.25, 0.3) is 0 Å². The molecule has 1 aromatic carbocycles. The maximum Gasteiger partial charge on any atom is 0.213 e. The molecule has 0 spiro atoms. The molecule has 1 N–H and O–H groups in total. The summed E-state index contributed by atoms with van der Waals surface area (Å²) in [6.45, 7) is 1.46. The fourth-order valence-electron chi connectivity index (χ4n) is 1.75. The van der Waals surface area contributed by atoms with Gasteiger partial charge < -0.3 is 19.3 Å². The van der Waals surface area contributed by atoms with E-state index in [1.807, 2.05) is 18.2 Å². The van der Waals surface area contributed by atoms with Crippen molar-refractivity contribution in [2.75, 3.05) is 20.8 Å². The van der Waals surface area contributed by atoms with Crippen LogP contribution in [0.5, 0.6) is 11.5 Å². The second-order valence-corrected chi connectivity index (χ2v) is 3.95. The fourth-order valence-corrected chi connectivity index (χ4v) is 1.75. The van der Waals surface area contributed by atoms with Crippen molar-refractivity contribution < 1.29 is 14.0 Å². The molecule has 2 aromatic rings. The number of ether oxygens (including phenoxy) is 2. The average Bonchev–Trinajstić information content (AvgIpc) is 2.96. The largest absolute Gasteiger partial charge is 0.497 e. The van der Waals surface area contributed by atoms with Crippen LogP contribution >= 0.6 is 0 Å². The predicted molar refractivity (Wildman–Crippen MR) is 69.3 cm³/mol. The van der Waals surface area contributed by atoms with Crippen molar-refractivity contribution >= 4 is 0 Å². The molecule has 6 nitrogen and oxygen atoms in total. The molecule has 19 heavy (non-hydrogen) atoms. The van der Waals surface area contributed by atoms with Gasteiger partial charge in [-0.3, -0.25) is 0 Å². The van der Waals surface area contributed by atoms with Crippen molar-refractivity contribution in [2.45, 2.75) is 13.0 Å². The van der Waals surface area contributed by atoms with Crippen LogP contribution in [-0.2, 0) is 13.0 Å². The zero-order valence-corrected chi connectivity index (χ0v) is 11.0. The van der Waals surface area contributed by atoms with Crippen LogP contribution in [0.2, 0.25) is 0 Å². The summed E-state index contributed by atoms with van der Waals surface area (Å²) in [4.78, 5) is 3.96. The van der Waals surface area contributed by atoms with E-state index >= 15 is 0 Å². The van der Waals surface area contributed by atoms with Crippen LogP contribution in [-0.4, -0.2) is 30.9 Å². The smallest absolute Gasteiger partial charge is 0.213 e. The minimum atomic E-state index is 0.693. The number of aromatic nitrogens is 2. The lowest BCUT2D eigenvalue weighted by molar-refractivity contribution is 0.396. The van der Waals surface area contributed by atoms with Gasteiger partial charge in [0.15, 0.2) is 5.82 Å². The highest BCUT2D eigenvalue weighted by molar-refractivity contribution is 5.40. The summed E-state index contributed by atoms with van der Waals surface area (Å²) in [7, 11) is 3.31. The number of benzene rings is 1. The van der Waals surface area contributed by atoms with Gasteiger partial charge >= 0.3 is 0 Å². The van der Waals surface area contributed by atoms with Crippen LogP contribution < -0.4 is 14.8 Å². The summed E-state index contributed by atoms with van der Waals surface area (Å²) in [6, 6.07) is 5.73. The quantitative estimate of drug-likeness (QED) is 0.762. The molecule has 6 heteroatoms. The Hall–Kier alpha value is -2.08. The van der Waals surface area contributed by atoms with E-state index in [2.05, 4.69) is 20.0 Å². The fraction of sp³-hybridized carbons (Fsp3) is 0.385. The van der Waals surface area contributed by atoms with Crippen molar-refractivity contribution in [3.05, 3.63) is 36.0 Å². The van der Waals surface area contributed by atoms with E-state index in [1.54, 1.807) is 14.2 Å². The van der Waals surface area contributed by atoms with E-state index in [-0.39, 0.29) is 0 Å². The van der Waals surface area contributed by atoms with Crippen LogP contribution in [0, 0.1) is 0 Å². The maximum atomic E-state index is 5.31. The minimum absolute atomic E-state index is 0.693. The molecule has 0 aliphatic carbocycles. The Morgan fingerprint density at radius 1 is 1.26 bits per heavy atom. The Kier molecular flexibility index (Phi) is 4.74. The summed E-state index contributed by atoms with van der Waals surface area (Å²) in [5.41, 5.74) is 1.05. The van der Waals surface area contributed by atoms with Crippen molar-refractivity contribution in [3.8, 4) is 11.5 Å². The second-order valence-electron chi connectivity index (χ2n) is 3.95. The van der Waals surface area contributed by atoms with Crippen LogP contribution in [0.15, 0.2) is 29.1 Å². The van der Waals surface area contributed by atoms with Crippen molar-refractivity contribution in [3.63, 3.8) is 0 Å². The van der Waals surface area contributed by atoms with Gasteiger partial charge in [-0.15, -0.1) is 0 Å². The Morgan fingerprint density at radius 3 is 2.84 bits per heavy atom. The zero-order chi connectivity index (χ0) is 13.5. The molecule has 0 aliphatic rings. The Bertz CT molecular complexity index is 500. The van der Waals surface area contributed by atoms with Crippen LogP contribution in [0.3, 0.4) is 0 Å². The van der Waals surface area contributed by atoms with E-state index in [0.29, 0.717) is 12.4 Å². The second kappa shape index (κ2) is 6.75. The minimum Gasteiger partial charge on any atom is -0.497 e. The third-order valence-electron chi connectivity index (χ3n) is 2.74. The van der Waals surface area contributed by atoms with Gasteiger partial charge in [0.2, 0.25) is 6.39 Å². The maximum absolute atomic E-state index is 5.31. The SMILES string of the molecule is COc1ccc(OC)c(CNCCc2ncon2)c1. The van der Waals surface area contributed by atoms with E-state index in [9.17, 15) is 0 Å². The molecular formula is C13H17N3O3. The number of nitrogens with zero attached hydrogens (tertiary/aromatic N) is 2. The molecule has 0 amide bonds. The molecule has 0 saturated heterocycles. The number of rotatable bonds is 7. The lowest BCUT2D eigenvalue weighted by Gasteiger charge is -2.11. The van der Waals surface area contributed by atoms with E-state index in [1.165, 1.54) is 6.39 Å². The third-order valence-corrected chi connectivity index (χ3v) is 2.74. The normalized spacial score (nSPS) is 10.4. The monoisotopic (exact) mass is 263 g/mol.